The monoisotopic (exact) mass is 268 g/mol. The van der Waals surface area contributed by atoms with Crippen molar-refractivity contribution in [3.63, 3.8) is 0 Å². The molecule has 4 heteroatoms. The Balaban J connectivity index is 2.29. The molecule has 0 aromatic heterocycles. The van der Waals surface area contributed by atoms with Crippen molar-refractivity contribution in [2.45, 2.75) is 44.4 Å². The first-order chi connectivity index (χ1) is 8.65. The second-order valence-corrected chi connectivity index (χ2v) is 5.39. The summed E-state index contributed by atoms with van der Waals surface area (Å²) in [5.41, 5.74) is 7.77. The van der Waals surface area contributed by atoms with Gasteiger partial charge in [-0.1, -0.05) is 36.6 Å². The highest BCUT2D eigenvalue weighted by Gasteiger charge is 2.28. The highest BCUT2D eigenvalue weighted by molar-refractivity contribution is 6.33. The van der Waals surface area contributed by atoms with Crippen molar-refractivity contribution in [3.05, 3.63) is 28.8 Å². The van der Waals surface area contributed by atoms with E-state index in [1.54, 1.807) is 0 Å². The number of nitrogens with zero attached hydrogens (tertiary/aromatic N) is 1. The molecule has 0 saturated heterocycles. The maximum atomic E-state index is 10.1. The average molecular weight is 269 g/mol. The summed E-state index contributed by atoms with van der Waals surface area (Å²) in [6.45, 7) is 0.461. The Kier molecular flexibility index (Phi) is 4.49. The van der Waals surface area contributed by atoms with Crippen LogP contribution >= 0.6 is 11.6 Å². The van der Waals surface area contributed by atoms with E-state index in [-0.39, 0.29) is 12.1 Å². The number of likely N-dealkylation sites (N-methyl/N-ethyl adjacent to an activating group) is 1. The number of hydrogen-bond donors (Lipinski definition) is 2. The van der Waals surface area contributed by atoms with Gasteiger partial charge in [-0.3, -0.25) is 0 Å². The van der Waals surface area contributed by atoms with E-state index in [1.165, 1.54) is 0 Å². The lowest BCUT2D eigenvalue weighted by molar-refractivity contribution is 0.106. The molecule has 0 spiro atoms. The van der Waals surface area contributed by atoms with Gasteiger partial charge in [-0.25, -0.2) is 0 Å². The molecule has 3 N–H and O–H groups in total. The Labute approximate surface area is 114 Å². The molecule has 1 aliphatic carbocycles. The van der Waals surface area contributed by atoms with Gasteiger partial charge in [0.25, 0.3) is 0 Å². The van der Waals surface area contributed by atoms with E-state index in [1.807, 2.05) is 25.2 Å². The maximum Gasteiger partial charge on any atom is 0.0743 e. The summed E-state index contributed by atoms with van der Waals surface area (Å²) >= 11 is 6.29. The molecule has 3 nitrogen and oxygen atoms in total. The second kappa shape index (κ2) is 5.91. The third-order valence-electron chi connectivity index (χ3n) is 3.83. The van der Waals surface area contributed by atoms with Gasteiger partial charge < -0.3 is 15.7 Å². The van der Waals surface area contributed by atoms with Gasteiger partial charge >= 0.3 is 0 Å². The Hall–Kier alpha value is -0.770. The van der Waals surface area contributed by atoms with E-state index in [0.717, 1.165) is 36.9 Å². The minimum atomic E-state index is -0.273. The minimum absolute atomic E-state index is 0.143. The third kappa shape index (κ3) is 2.63. The van der Waals surface area contributed by atoms with Crippen LogP contribution in [0.4, 0.5) is 5.69 Å². The standard InChI is InChI=1S/C14H21ClN2O/c1-17(12-7-2-3-8-13(12)18)14-10(9-16)5-4-6-11(14)15/h4-6,12-13,18H,2-3,7-9,16H2,1H3. The van der Waals surface area contributed by atoms with Gasteiger partial charge in [0.2, 0.25) is 0 Å². The van der Waals surface area contributed by atoms with E-state index < -0.39 is 0 Å². The molecule has 100 valence electrons. The molecule has 0 heterocycles. The van der Waals surface area contributed by atoms with Gasteiger partial charge in [0.15, 0.2) is 0 Å². The molecule has 2 rings (SSSR count). The van der Waals surface area contributed by atoms with Crippen molar-refractivity contribution in [2.75, 3.05) is 11.9 Å². The van der Waals surface area contributed by atoms with Crippen molar-refractivity contribution in [3.8, 4) is 0 Å². The van der Waals surface area contributed by atoms with Gasteiger partial charge in [-0.15, -0.1) is 0 Å². The topological polar surface area (TPSA) is 49.5 Å². The van der Waals surface area contributed by atoms with Gasteiger partial charge in [0, 0.05) is 13.6 Å². The summed E-state index contributed by atoms with van der Waals surface area (Å²) in [7, 11) is 2.00. The zero-order valence-electron chi connectivity index (χ0n) is 10.8. The molecule has 0 amide bonds. The van der Waals surface area contributed by atoms with Crippen LogP contribution in [0.15, 0.2) is 18.2 Å². The van der Waals surface area contributed by atoms with Gasteiger partial charge in [0.05, 0.1) is 22.9 Å². The molecule has 1 saturated carbocycles. The van der Waals surface area contributed by atoms with Crippen LogP contribution < -0.4 is 10.6 Å². The Morgan fingerprint density at radius 3 is 2.78 bits per heavy atom. The first-order valence-electron chi connectivity index (χ1n) is 6.53. The number of anilines is 1. The lowest BCUT2D eigenvalue weighted by Gasteiger charge is -2.38. The number of hydrogen-bond acceptors (Lipinski definition) is 3. The maximum absolute atomic E-state index is 10.1. The van der Waals surface area contributed by atoms with E-state index in [2.05, 4.69) is 4.90 Å². The zero-order valence-corrected chi connectivity index (χ0v) is 11.5. The number of benzene rings is 1. The van der Waals surface area contributed by atoms with Crippen molar-refractivity contribution in [1.82, 2.24) is 0 Å². The van der Waals surface area contributed by atoms with Crippen LogP contribution in [0.25, 0.3) is 0 Å². The molecule has 0 radical (unpaired) electrons. The minimum Gasteiger partial charge on any atom is -0.391 e. The molecule has 1 aromatic carbocycles. The molecule has 1 fully saturated rings. The van der Waals surface area contributed by atoms with E-state index in [0.29, 0.717) is 11.6 Å². The number of aliphatic hydroxyl groups is 1. The van der Waals surface area contributed by atoms with Crippen LogP contribution in [-0.4, -0.2) is 24.3 Å². The predicted molar refractivity (Wildman–Crippen MR) is 76.0 cm³/mol. The summed E-state index contributed by atoms with van der Waals surface area (Å²) in [5, 5.41) is 10.8. The highest BCUT2D eigenvalue weighted by Crippen LogP contribution is 2.33. The number of halogens is 1. The largest absolute Gasteiger partial charge is 0.391 e. The molecular weight excluding hydrogens is 248 g/mol. The predicted octanol–water partition coefficient (Wildman–Crippen LogP) is 2.54. The Morgan fingerprint density at radius 1 is 1.39 bits per heavy atom. The van der Waals surface area contributed by atoms with E-state index in [9.17, 15) is 5.11 Å². The smallest absolute Gasteiger partial charge is 0.0743 e. The lowest BCUT2D eigenvalue weighted by Crippen LogP contribution is -2.44. The van der Waals surface area contributed by atoms with Gasteiger partial charge in [-0.2, -0.15) is 0 Å². The van der Waals surface area contributed by atoms with Crippen molar-refractivity contribution >= 4 is 17.3 Å². The fourth-order valence-corrected chi connectivity index (χ4v) is 3.16. The first kappa shape index (κ1) is 13.7. The normalized spacial score (nSPS) is 24.0. The van der Waals surface area contributed by atoms with Crippen LogP contribution in [0.2, 0.25) is 5.02 Å². The van der Waals surface area contributed by atoms with Crippen molar-refractivity contribution in [1.29, 1.82) is 0 Å². The second-order valence-electron chi connectivity index (χ2n) is 4.98. The lowest BCUT2D eigenvalue weighted by atomic mass is 9.91. The third-order valence-corrected chi connectivity index (χ3v) is 4.14. The summed E-state index contributed by atoms with van der Waals surface area (Å²) in [6, 6.07) is 5.93. The molecular formula is C14H21ClN2O. The Morgan fingerprint density at radius 2 is 2.11 bits per heavy atom. The van der Waals surface area contributed by atoms with Gasteiger partial charge in [-0.05, 0) is 24.5 Å². The van der Waals surface area contributed by atoms with Crippen LogP contribution in [-0.2, 0) is 6.54 Å². The Bertz CT molecular complexity index is 411. The van der Waals surface area contributed by atoms with Crippen LogP contribution in [0, 0.1) is 0 Å². The molecule has 0 aliphatic heterocycles. The quantitative estimate of drug-likeness (QED) is 0.886. The van der Waals surface area contributed by atoms with E-state index >= 15 is 0 Å². The summed E-state index contributed by atoms with van der Waals surface area (Å²) in [6.07, 6.45) is 3.88. The van der Waals surface area contributed by atoms with Crippen LogP contribution in [0.5, 0.6) is 0 Å². The van der Waals surface area contributed by atoms with Crippen molar-refractivity contribution < 1.29 is 5.11 Å². The molecule has 1 aliphatic rings. The van der Waals surface area contributed by atoms with Gasteiger partial charge in [0.1, 0.15) is 0 Å². The first-order valence-corrected chi connectivity index (χ1v) is 6.91. The fraction of sp³-hybridized carbons (Fsp3) is 0.571. The van der Waals surface area contributed by atoms with Crippen LogP contribution in [0.1, 0.15) is 31.2 Å². The summed E-state index contributed by atoms with van der Waals surface area (Å²) in [5.74, 6) is 0. The number of aliphatic hydroxyl groups excluding tert-OH is 1. The SMILES string of the molecule is CN(c1c(Cl)cccc1CN)C1CCCCC1O. The number of nitrogens with two attached hydrogens (primary N) is 1. The average Bonchev–Trinajstić information content (AvgIpc) is 2.38. The molecule has 2 unspecified atom stereocenters. The molecule has 18 heavy (non-hydrogen) atoms. The van der Waals surface area contributed by atoms with Crippen LogP contribution in [0.3, 0.4) is 0 Å². The summed E-state index contributed by atoms with van der Waals surface area (Å²) < 4.78 is 0. The number of para-hydroxylation sites is 1. The van der Waals surface area contributed by atoms with E-state index in [4.69, 9.17) is 17.3 Å². The molecule has 2 atom stereocenters. The fourth-order valence-electron chi connectivity index (χ4n) is 2.83. The highest BCUT2D eigenvalue weighted by atomic mass is 35.5. The zero-order chi connectivity index (χ0) is 13.1. The molecule has 0 bridgehead atoms. The van der Waals surface area contributed by atoms with Crippen molar-refractivity contribution in [2.24, 2.45) is 5.73 Å². The molecule has 1 aromatic rings. The number of rotatable bonds is 3. The summed E-state index contributed by atoms with van der Waals surface area (Å²) in [4.78, 5) is 2.11.